The number of allylic oxidation sites excluding steroid dienone is 6. The van der Waals surface area contributed by atoms with Crippen molar-refractivity contribution in [2.75, 3.05) is 0 Å². The molecule has 0 spiro atoms. The fourth-order valence-electron chi connectivity index (χ4n) is 4.02. The van der Waals surface area contributed by atoms with Crippen molar-refractivity contribution in [2.45, 2.75) is 148 Å². The van der Waals surface area contributed by atoms with Crippen molar-refractivity contribution in [3.63, 3.8) is 0 Å². The van der Waals surface area contributed by atoms with E-state index in [9.17, 15) is 9.59 Å². The van der Waals surface area contributed by atoms with Crippen LogP contribution in [0.1, 0.15) is 142 Å². The Hall–Kier alpha value is -1.84. The molecule has 0 heterocycles. The largest absolute Gasteiger partial charge is 0.481 e. The SMILES string of the molecule is CC/C=C\C/C=C\C/C=C\CCCCCCCC(=O)OC(CCCCCC)CCCCCC(=O)O. The fourth-order valence-corrected chi connectivity index (χ4v) is 4.02. The maximum absolute atomic E-state index is 12.3. The number of carbonyl (C=O) groups excluding carboxylic acids is 1. The van der Waals surface area contributed by atoms with Gasteiger partial charge in [0.05, 0.1) is 0 Å². The maximum Gasteiger partial charge on any atom is 0.306 e. The van der Waals surface area contributed by atoms with Crippen LogP contribution >= 0.6 is 0 Å². The van der Waals surface area contributed by atoms with E-state index in [0.29, 0.717) is 12.8 Å². The lowest BCUT2D eigenvalue weighted by Gasteiger charge is -2.18. The molecular formula is C31H54O4. The lowest BCUT2D eigenvalue weighted by Crippen LogP contribution is -2.18. The summed E-state index contributed by atoms with van der Waals surface area (Å²) in [7, 11) is 0. The number of hydrogen-bond donors (Lipinski definition) is 1. The van der Waals surface area contributed by atoms with Gasteiger partial charge in [-0.15, -0.1) is 0 Å². The third kappa shape index (κ3) is 26.6. The van der Waals surface area contributed by atoms with E-state index in [2.05, 4.69) is 50.3 Å². The van der Waals surface area contributed by atoms with Crippen LogP contribution in [0.4, 0.5) is 0 Å². The number of hydrogen-bond acceptors (Lipinski definition) is 3. The first-order valence-electron chi connectivity index (χ1n) is 14.5. The molecule has 0 amide bonds. The molecule has 0 bridgehead atoms. The summed E-state index contributed by atoms with van der Waals surface area (Å²) in [4.78, 5) is 23.0. The summed E-state index contributed by atoms with van der Waals surface area (Å²) in [6.07, 6.45) is 33.1. The number of carboxylic acid groups (broad SMARTS) is 1. The van der Waals surface area contributed by atoms with Crippen LogP contribution < -0.4 is 0 Å². The van der Waals surface area contributed by atoms with Crippen LogP contribution in [0.5, 0.6) is 0 Å². The molecule has 0 aliphatic rings. The van der Waals surface area contributed by atoms with E-state index in [1.54, 1.807) is 0 Å². The van der Waals surface area contributed by atoms with Crippen LogP contribution in [0.2, 0.25) is 0 Å². The van der Waals surface area contributed by atoms with Gasteiger partial charge in [-0.1, -0.05) is 95.2 Å². The Kier molecular flexibility index (Phi) is 25.4. The van der Waals surface area contributed by atoms with E-state index in [1.807, 2.05) is 0 Å². The van der Waals surface area contributed by atoms with Gasteiger partial charge in [0.1, 0.15) is 6.10 Å². The van der Waals surface area contributed by atoms with Crippen molar-refractivity contribution >= 4 is 11.9 Å². The molecule has 0 fully saturated rings. The lowest BCUT2D eigenvalue weighted by molar-refractivity contribution is -0.150. The van der Waals surface area contributed by atoms with E-state index in [1.165, 1.54) is 38.5 Å². The molecule has 0 aliphatic heterocycles. The second-order valence-corrected chi connectivity index (χ2v) is 9.55. The molecule has 0 saturated carbocycles. The Bertz CT molecular complexity index is 577. The molecule has 0 radical (unpaired) electrons. The van der Waals surface area contributed by atoms with E-state index >= 15 is 0 Å². The molecule has 0 aromatic carbocycles. The van der Waals surface area contributed by atoms with Crippen LogP contribution in [0.25, 0.3) is 0 Å². The van der Waals surface area contributed by atoms with Gasteiger partial charge in [-0.05, 0) is 70.6 Å². The Morgan fingerprint density at radius 2 is 1.20 bits per heavy atom. The van der Waals surface area contributed by atoms with E-state index in [4.69, 9.17) is 9.84 Å². The molecule has 4 heteroatoms. The number of aliphatic carboxylic acids is 1. The summed E-state index contributed by atoms with van der Waals surface area (Å²) in [6.45, 7) is 4.35. The van der Waals surface area contributed by atoms with Gasteiger partial charge in [0.15, 0.2) is 0 Å². The smallest absolute Gasteiger partial charge is 0.306 e. The lowest BCUT2D eigenvalue weighted by atomic mass is 10.0. The zero-order chi connectivity index (χ0) is 25.8. The Labute approximate surface area is 216 Å². The van der Waals surface area contributed by atoms with Crippen molar-refractivity contribution in [3.8, 4) is 0 Å². The first kappa shape index (κ1) is 33.2. The third-order valence-corrected chi connectivity index (χ3v) is 6.13. The van der Waals surface area contributed by atoms with Gasteiger partial charge in [-0.2, -0.15) is 0 Å². The Morgan fingerprint density at radius 3 is 1.86 bits per heavy atom. The van der Waals surface area contributed by atoms with Crippen LogP contribution in [0, 0.1) is 0 Å². The van der Waals surface area contributed by atoms with Crippen LogP contribution in [-0.2, 0) is 14.3 Å². The quantitative estimate of drug-likeness (QED) is 0.0786. The summed E-state index contributed by atoms with van der Waals surface area (Å²) in [6, 6.07) is 0. The molecule has 1 unspecified atom stereocenters. The molecule has 0 saturated heterocycles. The summed E-state index contributed by atoms with van der Waals surface area (Å²) in [5.41, 5.74) is 0. The van der Waals surface area contributed by atoms with Crippen molar-refractivity contribution in [1.82, 2.24) is 0 Å². The van der Waals surface area contributed by atoms with Crippen molar-refractivity contribution in [3.05, 3.63) is 36.5 Å². The number of carboxylic acids is 1. The molecule has 0 aromatic heterocycles. The minimum Gasteiger partial charge on any atom is -0.481 e. The van der Waals surface area contributed by atoms with Crippen LogP contribution in [-0.4, -0.2) is 23.1 Å². The van der Waals surface area contributed by atoms with Crippen LogP contribution in [0.15, 0.2) is 36.5 Å². The minimum atomic E-state index is -0.733. The highest BCUT2D eigenvalue weighted by Crippen LogP contribution is 2.17. The molecule has 1 N–H and O–H groups in total. The highest BCUT2D eigenvalue weighted by atomic mass is 16.5. The molecule has 0 aliphatic carbocycles. The highest BCUT2D eigenvalue weighted by molar-refractivity contribution is 5.69. The van der Waals surface area contributed by atoms with Gasteiger partial charge in [0, 0.05) is 12.8 Å². The van der Waals surface area contributed by atoms with E-state index in [-0.39, 0.29) is 18.5 Å². The Morgan fingerprint density at radius 1 is 0.657 bits per heavy atom. The molecule has 4 nitrogen and oxygen atoms in total. The van der Waals surface area contributed by atoms with Gasteiger partial charge < -0.3 is 9.84 Å². The number of esters is 1. The summed E-state index contributed by atoms with van der Waals surface area (Å²) < 4.78 is 5.80. The maximum atomic E-state index is 12.3. The predicted molar refractivity (Wildman–Crippen MR) is 149 cm³/mol. The zero-order valence-electron chi connectivity index (χ0n) is 22.9. The number of ether oxygens (including phenoxy) is 1. The summed E-state index contributed by atoms with van der Waals surface area (Å²) in [5.74, 6) is -0.792. The van der Waals surface area contributed by atoms with Crippen molar-refractivity contribution in [1.29, 1.82) is 0 Å². The van der Waals surface area contributed by atoms with E-state index in [0.717, 1.165) is 70.6 Å². The topological polar surface area (TPSA) is 63.6 Å². The third-order valence-electron chi connectivity index (χ3n) is 6.13. The normalized spacial score (nSPS) is 12.7. The second kappa shape index (κ2) is 26.8. The van der Waals surface area contributed by atoms with Crippen molar-refractivity contribution in [2.24, 2.45) is 0 Å². The zero-order valence-corrected chi connectivity index (χ0v) is 22.9. The summed E-state index contributed by atoms with van der Waals surface area (Å²) in [5, 5.41) is 8.76. The fraction of sp³-hybridized carbons (Fsp3) is 0.742. The second-order valence-electron chi connectivity index (χ2n) is 9.55. The van der Waals surface area contributed by atoms with Gasteiger partial charge in [-0.25, -0.2) is 0 Å². The first-order chi connectivity index (χ1) is 17.1. The van der Waals surface area contributed by atoms with Gasteiger partial charge in [0.25, 0.3) is 0 Å². The molecule has 35 heavy (non-hydrogen) atoms. The number of rotatable bonds is 25. The Balaban J connectivity index is 3.86. The van der Waals surface area contributed by atoms with Gasteiger partial charge in [0.2, 0.25) is 0 Å². The molecule has 1 atom stereocenters. The standard InChI is InChI=1S/C31H54O4/c1-3-5-7-9-10-11-12-13-14-15-16-17-18-19-24-28-31(34)35-29(25-21-8-6-4-2)26-22-20-23-27-30(32)33/h5,7,10-11,13-14,29H,3-4,6,8-9,12,15-28H2,1-2H3,(H,32,33)/b7-5-,11-10-,14-13-. The molecule has 202 valence electrons. The average molecular weight is 491 g/mol. The monoisotopic (exact) mass is 490 g/mol. The average Bonchev–Trinajstić information content (AvgIpc) is 2.83. The van der Waals surface area contributed by atoms with Gasteiger partial charge in [-0.3, -0.25) is 9.59 Å². The number of unbranched alkanes of at least 4 members (excludes halogenated alkanes) is 10. The number of carbonyl (C=O) groups is 2. The molecule has 0 aromatic rings. The first-order valence-corrected chi connectivity index (χ1v) is 14.5. The molecule has 0 rings (SSSR count). The predicted octanol–water partition coefficient (Wildman–Crippen LogP) is 9.49. The minimum absolute atomic E-state index is 0.00128. The molecular weight excluding hydrogens is 436 g/mol. The highest BCUT2D eigenvalue weighted by Gasteiger charge is 2.14. The summed E-state index contributed by atoms with van der Waals surface area (Å²) >= 11 is 0. The van der Waals surface area contributed by atoms with Crippen molar-refractivity contribution < 1.29 is 19.4 Å². The van der Waals surface area contributed by atoms with Gasteiger partial charge >= 0.3 is 11.9 Å². The van der Waals surface area contributed by atoms with E-state index < -0.39 is 5.97 Å². The van der Waals surface area contributed by atoms with Crippen LogP contribution in [0.3, 0.4) is 0 Å².